The summed E-state index contributed by atoms with van der Waals surface area (Å²) < 4.78 is 64.9. The minimum absolute atomic E-state index is 0.0725. The summed E-state index contributed by atoms with van der Waals surface area (Å²) in [6, 6.07) is 0. The van der Waals surface area contributed by atoms with Crippen molar-refractivity contribution in [3.63, 3.8) is 0 Å². The summed E-state index contributed by atoms with van der Waals surface area (Å²) in [6.07, 6.45) is -29.8. The Morgan fingerprint density at radius 2 is 1.18 bits per heavy atom. The number of aliphatic hydroxyl groups excluding tert-OH is 14. The first-order chi connectivity index (χ1) is 41.2. The van der Waals surface area contributed by atoms with Crippen molar-refractivity contribution >= 4 is 11.9 Å². The molecular weight excluding hydrogens is 1160 g/mol. The Morgan fingerprint density at radius 3 is 1.85 bits per heavy atom. The van der Waals surface area contributed by atoms with E-state index in [0.717, 1.165) is 13.3 Å². The Bertz CT molecular complexity index is 2490. The number of carbonyl (C=O) groups excluding carboxylic acids is 2. The highest BCUT2D eigenvalue weighted by Crippen LogP contribution is 2.76. The fourth-order valence-corrected chi connectivity index (χ4v) is 17.8. The number of aliphatic hydroxyl groups is 14. The van der Waals surface area contributed by atoms with Gasteiger partial charge in [0.05, 0.1) is 50.2 Å². The van der Waals surface area contributed by atoms with Crippen molar-refractivity contribution in [1.29, 1.82) is 0 Å². The maximum absolute atomic E-state index is 15.3. The summed E-state index contributed by atoms with van der Waals surface area (Å²) >= 11 is 0. The Balaban J connectivity index is 0.826. The molecule has 0 aromatic heterocycles. The molecule has 33 atom stereocenters. The van der Waals surface area contributed by atoms with Gasteiger partial charge in [0.15, 0.2) is 31.3 Å². The van der Waals surface area contributed by atoms with E-state index in [1.54, 1.807) is 0 Å². The first-order valence-corrected chi connectivity index (χ1v) is 31.5. The lowest BCUT2D eigenvalue weighted by atomic mass is 9.33. The van der Waals surface area contributed by atoms with Crippen LogP contribution in [0.3, 0.4) is 0 Å². The SMILES string of the molecule is CC(=O)O[C@@H]1[C@@H](O)[C@H](C)O[C@@H](O[C@H]2[C@H](O)[C@@H](O)[C@H](OC[C@H]3O[C@@H](OC(=O)[C@]45CCC(C)(C)C[C@H]4C4=CC[C@@H]6[C@@]7(C)CC[C@H](O[C@@H]8OC[C@H](O)[C@H](O)[C@H]8O[C@@H]8O[C@@H](C)[C@H](O)[C@@H](O)[C@H]8O)[C@@](C)(CO)[C@@H]7CC[C@@]6(C)[C@]4(C)CC5)[C@H](O)[C@@H](O)[C@@H]3O)O[C@@H]2CO)[C@@H]1O. The van der Waals surface area contributed by atoms with Gasteiger partial charge in [0.2, 0.25) is 6.29 Å². The number of esters is 2. The van der Waals surface area contributed by atoms with Gasteiger partial charge in [-0.2, -0.15) is 0 Å². The molecule has 5 saturated heterocycles. The van der Waals surface area contributed by atoms with Crippen LogP contribution in [-0.4, -0.2) is 263 Å². The van der Waals surface area contributed by atoms with Gasteiger partial charge in [-0.05, 0) is 117 Å². The van der Waals surface area contributed by atoms with E-state index in [-0.39, 0.29) is 47.2 Å². The number of fused-ring (bicyclic) bond motifs is 7. The van der Waals surface area contributed by atoms with E-state index >= 15 is 4.79 Å². The molecule has 88 heavy (non-hydrogen) atoms. The first kappa shape index (κ1) is 68.6. The van der Waals surface area contributed by atoms with Crippen molar-refractivity contribution in [2.45, 2.75) is 280 Å². The first-order valence-electron chi connectivity index (χ1n) is 31.5. The van der Waals surface area contributed by atoms with Crippen LogP contribution in [0.1, 0.15) is 127 Å². The molecule has 0 amide bonds. The molecule has 4 saturated carbocycles. The lowest BCUT2D eigenvalue weighted by Crippen LogP contribution is -2.67. The Hall–Kier alpha value is -2.24. The standard InChI is InChI=1S/C61H98O27/c1-25-36(66)40(70)43(73)51(80-25)87-49-38(68)30(65)22-78-54(49)85-35-13-14-57(6)33(58(35,7)24-63)12-15-60(9)34(57)11-10-28-29-20-56(4,5)16-18-61(29,19-17-59(28,60)8)55(77)88-52-44(74)41(71)39(69)32(84-52)23-79-50-45(75)42(72)47(31(21-62)83-50)86-53-46(76)48(82-27(3)64)37(67)26(2)81-53/h10,25-26,29-54,62-63,65-76H,11-24H2,1-9H3/t25-,26-,29-,30-,31+,32+,33+,34+,35-,36-,37-,38-,39+,40+,41-,42+,43+,44+,45+,46+,47+,48+,49+,50+,51-,52-,53-,54-,57-,58-,59+,60+,61-/m0/s1. The highest BCUT2D eigenvalue weighted by Gasteiger charge is 2.71. The third kappa shape index (κ3) is 11.7. The number of hydrogen-bond acceptors (Lipinski definition) is 27. The Morgan fingerprint density at radius 1 is 0.568 bits per heavy atom. The molecule has 27 nitrogen and oxygen atoms in total. The van der Waals surface area contributed by atoms with E-state index in [1.165, 1.54) is 19.4 Å². The molecule has 10 aliphatic rings. The highest BCUT2D eigenvalue weighted by molar-refractivity contribution is 5.79. The molecule has 0 aromatic carbocycles. The molecule has 504 valence electrons. The quantitative estimate of drug-likeness (QED) is 0.0509. The molecule has 0 radical (unpaired) electrons. The number of carbonyl (C=O) groups is 2. The highest BCUT2D eigenvalue weighted by atomic mass is 16.8. The van der Waals surface area contributed by atoms with Gasteiger partial charge in [0.1, 0.15) is 97.7 Å². The molecule has 0 bridgehead atoms. The van der Waals surface area contributed by atoms with Gasteiger partial charge in [-0.25, -0.2) is 0 Å². The van der Waals surface area contributed by atoms with Crippen LogP contribution < -0.4 is 0 Å². The predicted molar refractivity (Wildman–Crippen MR) is 298 cm³/mol. The van der Waals surface area contributed by atoms with E-state index in [2.05, 4.69) is 40.7 Å². The van der Waals surface area contributed by atoms with E-state index < -0.39 is 195 Å². The number of allylic oxidation sites excluding steroid dienone is 2. The lowest BCUT2D eigenvalue weighted by Gasteiger charge is -2.71. The molecule has 5 aliphatic carbocycles. The van der Waals surface area contributed by atoms with Crippen molar-refractivity contribution in [3.05, 3.63) is 11.6 Å². The third-order valence-electron chi connectivity index (χ3n) is 23.5. The van der Waals surface area contributed by atoms with Crippen LogP contribution in [0.25, 0.3) is 0 Å². The minimum atomic E-state index is -1.92. The number of ether oxygens (including phenoxy) is 11. The average molecular weight is 1260 g/mol. The van der Waals surface area contributed by atoms with E-state index in [0.29, 0.717) is 57.8 Å². The van der Waals surface area contributed by atoms with E-state index in [4.69, 9.17) is 52.1 Å². The van der Waals surface area contributed by atoms with Crippen molar-refractivity contribution in [1.82, 2.24) is 0 Å². The molecular formula is C61H98O27. The number of hydrogen-bond donors (Lipinski definition) is 14. The van der Waals surface area contributed by atoms with Gasteiger partial charge < -0.3 is 124 Å². The molecule has 5 heterocycles. The largest absolute Gasteiger partial charge is 0.457 e. The van der Waals surface area contributed by atoms with Gasteiger partial charge in [0.25, 0.3) is 0 Å². The fourth-order valence-electron chi connectivity index (χ4n) is 17.8. The van der Waals surface area contributed by atoms with Crippen molar-refractivity contribution in [2.24, 2.45) is 50.2 Å². The summed E-state index contributed by atoms with van der Waals surface area (Å²) in [6.45, 7) is 15.4. The maximum Gasteiger partial charge on any atom is 0.315 e. The summed E-state index contributed by atoms with van der Waals surface area (Å²) in [5, 5.41) is 154. The van der Waals surface area contributed by atoms with E-state index in [9.17, 15) is 76.3 Å². The zero-order chi connectivity index (χ0) is 64.3. The van der Waals surface area contributed by atoms with Crippen LogP contribution in [0.2, 0.25) is 0 Å². The molecule has 14 N–H and O–H groups in total. The number of rotatable bonds is 14. The van der Waals surface area contributed by atoms with Gasteiger partial charge in [-0.1, -0.05) is 53.2 Å². The van der Waals surface area contributed by atoms with E-state index in [1.807, 2.05) is 6.92 Å². The summed E-state index contributed by atoms with van der Waals surface area (Å²) in [7, 11) is 0. The zero-order valence-corrected chi connectivity index (χ0v) is 51.7. The maximum atomic E-state index is 15.3. The van der Waals surface area contributed by atoms with Crippen LogP contribution in [0, 0.1) is 50.2 Å². The smallest absolute Gasteiger partial charge is 0.315 e. The second kappa shape index (κ2) is 25.5. The molecule has 5 aliphatic heterocycles. The van der Waals surface area contributed by atoms with Crippen LogP contribution in [-0.2, 0) is 61.7 Å². The van der Waals surface area contributed by atoms with Crippen LogP contribution in [0.5, 0.6) is 0 Å². The monoisotopic (exact) mass is 1260 g/mol. The molecule has 27 heteroatoms. The van der Waals surface area contributed by atoms with Gasteiger partial charge in [-0.3, -0.25) is 9.59 Å². The summed E-state index contributed by atoms with van der Waals surface area (Å²) in [4.78, 5) is 27.0. The second-order valence-electron chi connectivity index (χ2n) is 29.1. The predicted octanol–water partition coefficient (Wildman–Crippen LogP) is -1.97. The molecule has 0 aromatic rings. The molecule has 0 unspecified atom stereocenters. The topological polar surface area (TPSA) is 419 Å². The van der Waals surface area contributed by atoms with Gasteiger partial charge in [-0.15, -0.1) is 0 Å². The Labute approximate surface area is 512 Å². The molecule has 0 spiro atoms. The van der Waals surface area contributed by atoms with Crippen LogP contribution in [0.4, 0.5) is 0 Å². The normalized spacial score (nSPS) is 53.7. The Kier molecular flexibility index (Phi) is 19.9. The fraction of sp³-hybridized carbons (Fsp3) is 0.934. The third-order valence-corrected chi connectivity index (χ3v) is 23.5. The minimum Gasteiger partial charge on any atom is -0.457 e. The van der Waals surface area contributed by atoms with Crippen molar-refractivity contribution in [2.75, 3.05) is 26.4 Å². The molecule has 10 rings (SSSR count). The summed E-state index contributed by atoms with van der Waals surface area (Å²) in [5.74, 6) is -1.70. The van der Waals surface area contributed by atoms with Crippen molar-refractivity contribution < 1.29 is 133 Å². The van der Waals surface area contributed by atoms with Crippen LogP contribution in [0.15, 0.2) is 11.6 Å². The second-order valence-corrected chi connectivity index (χ2v) is 29.1. The lowest BCUT2D eigenvalue weighted by molar-refractivity contribution is -0.365. The van der Waals surface area contributed by atoms with Gasteiger partial charge >= 0.3 is 11.9 Å². The average Bonchev–Trinajstić information content (AvgIpc) is 0.678. The zero-order valence-electron chi connectivity index (χ0n) is 51.7. The van der Waals surface area contributed by atoms with Gasteiger partial charge in [0, 0.05) is 12.3 Å². The van der Waals surface area contributed by atoms with Crippen LogP contribution >= 0.6 is 0 Å². The van der Waals surface area contributed by atoms with Crippen molar-refractivity contribution in [3.8, 4) is 0 Å². The summed E-state index contributed by atoms with van der Waals surface area (Å²) in [5.41, 5.74) is -1.99. The molecule has 9 fully saturated rings.